The number of amides is 2. The number of likely N-dealkylation sites (N-methyl/N-ethyl adjacent to an activating group) is 1. The number of anilines is 2. The molecule has 0 aliphatic carbocycles. The summed E-state index contributed by atoms with van der Waals surface area (Å²) in [4.78, 5) is 26.3. The van der Waals surface area contributed by atoms with Crippen LogP contribution in [0, 0.1) is 0 Å². The van der Waals surface area contributed by atoms with Crippen molar-refractivity contribution in [3.8, 4) is 0 Å². The Bertz CT molecular complexity index is 636. The number of rotatable bonds is 5. The van der Waals surface area contributed by atoms with E-state index in [1.54, 1.807) is 19.2 Å². The Morgan fingerprint density at radius 1 is 1.14 bits per heavy atom. The molecule has 2 amide bonds. The Kier molecular flexibility index (Phi) is 4.50. The van der Waals surface area contributed by atoms with Gasteiger partial charge in [0.25, 0.3) is 0 Å². The van der Waals surface area contributed by atoms with Gasteiger partial charge in [-0.05, 0) is 29.8 Å². The molecule has 1 aromatic heterocycles. The lowest BCUT2D eigenvalue weighted by molar-refractivity contribution is -0.119. The standard InChI is InChI=1S/C15H16N4O2/c1-17-14(20)8-10-2-5-12(6-3-10)19-13-7-4-11(9-18-13)15(16)21/h2-7,9H,8H2,1H3,(H2,16,21)(H,17,20)(H,18,19). The first-order valence-electron chi connectivity index (χ1n) is 6.41. The van der Waals surface area contributed by atoms with Crippen LogP contribution in [0.15, 0.2) is 42.6 Å². The topological polar surface area (TPSA) is 97.1 Å². The van der Waals surface area contributed by atoms with Gasteiger partial charge in [-0.3, -0.25) is 9.59 Å². The number of benzene rings is 1. The van der Waals surface area contributed by atoms with Crippen molar-refractivity contribution in [2.45, 2.75) is 6.42 Å². The van der Waals surface area contributed by atoms with Gasteiger partial charge in [0.1, 0.15) is 5.82 Å². The summed E-state index contributed by atoms with van der Waals surface area (Å²) >= 11 is 0. The maximum Gasteiger partial charge on any atom is 0.250 e. The van der Waals surface area contributed by atoms with Crippen molar-refractivity contribution in [3.05, 3.63) is 53.7 Å². The summed E-state index contributed by atoms with van der Waals surface area (Å²) in [5, 5.41) is 5.68. The van der Waals surface area contributed by atoms with Gasteiger partial charge < -0.3 is 16.4 Å². The third-order valence-electron chi connectivity index (χ3n) is 2.92. The van der Waals surface area contributed by atoms with Gasteiger partial charge in [0.05, 0.1) is 12.0 Å². The number of hydrogen-bond donors (Lipinski definition) is 3. The van der Waals surface area contributed by atoms with Crippen LogP contribution in [0.3, 0.4) is 0 Å². The molecule has 108 valence electrons. The van der Waals surface area contributed by atoms with E-state index in [1.807, 2.05) is 24.3 Å². The van der Waals surface area contributed by atoms with Crippen molar-refractivity contribution in [1.82, 2.24) is 10.3 Å². The first kappa shape index (κ1) is 14.5. The molecule has 0 radical (unpaired) electrons. The Hall–Kier alpha value is -2.89. The van der Waals surface area contributed by atoms with Crippen LogP contribution in [0.2, 0.25) is 0 Å². The Morgan fingerprint density at radius 2 is 1.86 bits per heavy atom. The second kappa shape index (κ2) is 6.51. The van der Waals surface area contributed by atoms with E-state index in [4.69, 9.17) is 5.73 Å². The molecular weight excluding hydrogens is 268 g/mol. The van der Waals surface area contributed by atoms with Crippen LogP contribution in [0.1, 0.15) is 15.9 Å². The monoisotopic (exact) mass is 284 g/mol. The van der Waals surface area contributed by atoms with E-state index in [-0.39, 0.29) is 5.91 Å². The van der Waals surface area contributed by atoms with Gasteiger partial charge in [0, 0.05) is 18.9 Å². The van der Waals surface area contributed by atoms with Crippen LogP contribution < -0.4 is 16.4 Å². The van der Waals surface area contributed by atoms with E-state index in [1.165, 1.54) is 6.20 Å². The molecule has 0 aliphatic heterocycles. The third-order valence-corrected chi connectivity index (χ3v) is 2.92. The fraction of sp³-hybridized carbons (Fsp3) is 0.133. The first-order chi connectivity index (χ1) is 10.1. The number of carbonyl (C=O) groups is 2. The maximum absolute atomic E-state index is 11.3. The van der Waals surface area contributed by atoms with Crippen molar-refractivity contribution < 1.29 is 9.59 Å². The molecule has 2 aromatic rings. The minimum atomic E-state index is -0.507. The van der Waals surface area contributed by atoms with Crippen molar-refractivity contribution in [3.63, 3.8) is 0 Å². The fourth-order valence-corrected chi connectivity index (χ4v) is 1.74. The number of primary amides is 1. The first-order valence-corrected chi connectivity index (χ1v) is 6.41. The molecule has 0 fully saturated rings. The van der Waals surface area contributed by atoms with Crippen LogP contribution in [0.25, 0.3) is 0 Å². The van der Waals surface area contributed by atoms with Gasteiger partial charge >= 0.3 is 0 Å². The predicted molar refractivity (Wildman–Crippen MR) is 80.3 cm³/mol. The van der Waals surface area contributed by atoms with Gasteiger partial charge in [-0.1, -0.05) is 12.1 Å². The van der Waals surface area contributed by atoms with Gasteiger partial charge in [0.2, 0.25) is 11.8 Å². The van der Waals surface area contributed by atoms with E-state index < -0.39 is 5.91 Å². The third kappa shape index (κ3) is 4.04. The summed E-state index contributed by atoms with van der Waals surface area (Å²) in [6.45, 7) is 0. The van der Waals surface area contributed by atoms with Gasteiger partial charge in [-0.15, -0.1) is 0 Å². The smallest absolute Gasteiger partial charge is 0.250 e. The zero-order chi connectivity index (χ0) is 15.2. The highest BCUT2D eigenvalue weighted by atomic mass is 16.1. The SMILES string of the molecule is CNC(=O)Cc1ccc(Nc2ccc(C(N)=O)cn2)cc1. The van der Waals surface area contributed by atoms with Crippen LogP contribution in [0.4, 0.5) is 11.5 Å². The van der Waals surface area contributed by atoms with Crippen LogP contribution >= 0.6 is 0 Å². The minimum Gasteiger partial charge on any atom is -0.366 e. The number of nitrogens with two attached hydrogens (primary N) is 1. The number of hydrogen-bond acceptors (Lipinski definition) is 4. The highest BCUT2D eigenvalue weighted by Crippen LogP contribution is 2.15. The van der Waals surface area contributed by atoms with E-state index >= 15 is 0 Å². The lowest BCUT2D eigenvalue weighted by Crippen LogP contribution is -2.19. The van der Waals surface area contributed by atoms with E-state index in [9.17, 15) is 9.59 Å². The highest BCUT2D eigenvalue weighted by Gasteiger charge is 2.03. The zero-order valence-electron chi connectivity index (χ0n) is 11.6. The number of carbonyl (C=O) groups excluding carboxylic acids is 2. The Balaban J connectivity index is 2.02. The summed E-state index contributed by atoms with van der Waals surface area (Å²) in [7, 11) is 1.61. The van der Waals surface area contributed by atoms with Gasteiger partial charge in [0.15, 0.2) is 0 Å². The molecular formula is C15H16N4O2. The van der Waals surface area contributed by atoms with Crippen LogP contribution in [-0.4, -0.2) is 23.8 Å². The molecule has 1 aromatic carbocycles. The van der Waals surface area contributed by atoms with Gasteiger partial charge in [-0.2, -0.15) is 0 Å². The molecule has 4 N–H and O–H groups in total. The zero-order valence-corrected chi connectivity index (χ0v) is 11.6. The quantitative estimate of drug-likeness (QED) is 0.768. The molecule has 0 unspecified atom stereocenters. The summed E-state index contributed by atoms with van der Waals surface area (Å²) in [6, 6.07) is 10.8. The van der Waals surface area contributed by atoms with Crippen molar-refractivity contribution in [1.29, 1.82) is 0 Å². The minimum absolute atomic E-state index is 0.0283. The second-order valence-electron chi connectivity index (χ2n) is 4.47. The molecule has 6 nitrogen and oxygen atoms in total. The highest BCUT2D eigenvalue weighted by molar-refractivity contribution is 5.92. The summed E-state index contributed by atoms with van der Waals surface area (Å²) in [5.74, 6) is 0.0751. The van der Waals surface area contributed by atoms with Crippen LogP contribution in [0.5, 0.6) is 0 Å². The number of pyridine rings is 1. The summed E-state index contributed by atoms with van der Waals surface area (Å²) in [6.07, 6.45) is 1.77. The molecule has 0 spiro atoms. The molecule has 6 heteroatoms. The van der Waals surface area contributed by atoms with E-state index in [2.05, 4.69) is 15.6 Å². The molecule has 0 saturated heterocycles. The largest absolute Gasteiger partial charge is 0.366 e. The lowest BCUT2D eigenvalue weighted by atomic mass is 10.1. The van der Waals surface area contributed by atoms with Crippen molar-refractivity contribution >= 4 is 23.3 Å². The average molecular weight is 284 g/mol. The average Bonchev–Trinajstić information content (AvgIpc) is 2.49. The number of nitrogens with one attached hydrogen (secondary N) is 2. The molecule has 0 bridgehead atoms. The molecule has 0 aliphatic rings. The van der Waals surface area contributed by atoms with Crippen molar-refractivity contribution in [2.75, 3.05) is 12.4 Å². The normalized spacial score (nSPS) is 9.95. The fourth-order valence-electron chi connectivity index (χ4n) is 1.74. The molecule has 0 saturated carbocycles. The van der Waals surface area contributed by atoms with Crippen molar-refractivity contribution in [2.24, 2.45) is 5.73 Å². The second-order valence-corrected chi connectivity index (χ2v) is 4.47. The maximum atomic E-state index is 11.3. The Labute approximate surface area is 122 Å². The van der Waals surface area contributed by atoms with E-state index in [0.717, 1.165) is 11.3 Å². The summed E-state index contributed by atoms with van der Waals surface area (Å²) < 4.78 is 0. The molecule has 2 rings (SSSR count). The molecule has 0 atom stereocenters. The molecule has 1 heterocycles. The number of nitrogens with zero attached hydrogens (tertiary/aromatic N) is 1. The van der Waals surface area contributed by atoms with E-state index in [0.29, 0.717) is 17.8 Å². The van der Waals surface area contributed by atoms with Crippen LogP contribution in [-0.2, 0) is 11.2 Å². The Morgan fingerprint density at radius 3 is 2.38 bits per heavy atom. The molecule has 21 heavy (non-hydrogen) atoms. The predicted octanol–water partition coefficient (Wildman–Crippen LogP) is 1.21. The van der Waals surface area contributed by atoms with Gasteiger partial charge in [-0.25, -0.2) is 4.98 Å². The lowest BCUT2D eigenvalue weighted by Gasteiger charge is -2.07. The number of aromatic nitrogens is 1. The summed E-state index contributed by atoms with van der Waals surface area (Å²) in [5.41, 5.74) is 7.28.